The number of nitrogens with one attached hydrogen (secondary N) is 2. The Morgan fingerprint density at radius 1 is 1.40 bits per heavy atom. The fraction of sp³-hybridized carbons (Fsp3) is 0.350. The highest BCUT2D eigenvalue weighted by molar-refractivity contribution is 7.10. The van der Waals surface area contributed by atoms with E-state index >= 15 is 0 Å². The molecule has 1 atom stereocenters. The fourth-order valence-corrected chi connectivity index (χ4v) is 4.47. The molecule has 5 rings (SSSR count). The smallest absolute Gasteiger partial charge is 0.165 e. The molecule has 0 spiro atoms. The van der Waals surface area contributed by atoms with Crippen LogP contribution in [0.5, 0.6) is 0 Å². The largest absolute Gasteiger partial charge is 0.467 e. The first-order chi connectivity index (χ1) is 14.7. The van der Waals surface area contributed by atoms with Crippen LogP contribution in [0.4, 0.5) is 10.8 Å². The number of hydrogen-bond donors (Lipinski definition) is 2. The molecule has 30 heavy (non-hydrogen) atoms. The van der Waals surface area contributed by atoms with E-state index in [1.54, 1.807) is 17.0 Å². The Hall–Kier alpha value is -3.11. The number of hydrogen-bond acceptors (Lipinski definition) is 9. The van der Waals surface area contributed by atoms with Crippen LogP contribution < -0.4 is 10.6 Å². The lowest BCUT2D eigenvalue weighted by molar-refractivity contribution is 0.455. The summed E-state index contributed by atoms with van der Waals surface area (Å²) in [7, 11) is 0. The Labute approximate surface area is 176 Å². The van der Waals surface area contributed by atoms with Crippen molar-refractivity contribution in [2.75, 3.05) is 18.4 Å². The minimum atomic E-state index is 0.00314. The minimum Gasteiger partial charge on any atom is -0.467 e. The van der Waals surface area contributed by atoms with Gasteiger partial charge in [-0.3, -0.25) is 0 Å². The van der Waals surface area contributed by atoms with Gasteiger partial charge in [0.05, 0.1) is 23.8 Å². The van der Waals surface area contributed by atoms with E-state index in [1.807, 2.05) is 19.1 Å². The van der Waals surface area contributed by atoms with Crippen LogP contribution in [0, 0.1) is 11.8 Å². The fourth-order valence-electron chi connectivity index (χ4n) is 3.80. The van der Waals surface area contributed by atoms with Gasteiger partial charge < -0.3 is 15.1 Å². The molecular formula is C20H21N7O2S. The van der Waals surface area contributed by atoms with E-state index in [4.69, 9.17) is 9.40 Å². The van der Waals surface area contributed by atoms with E-state index in [2.05, 4.69) is 31.3 Å². The second-order valence-electron chi connectivity index (χ2n) is 7.45. The lowest BCUT2D eigenvalue weighted by Gasteiger charge is -2.23. The van der Waals surface area contributed by atoms with E-state index in [0.29, 0.717) is 11.7 Å². The molecule has 1 unspecified atom stereocenters. The van der Waals surface area contributed by atoms with Crippen molar-refractivity contribution < 1.29 is 4.42 Å². The number of nitroso groups, excluding NO2 is 1. The number of nitrogens with zero attached hydrogens (tertiary/aromatic N) is 5. The second-order valence-corrected chi connectivity index (χ2v) is 8.25. The molecule has 0 aromatic carbocycles. The summed E-state index contributed by atoms with van der Waals surface area (Å²) < 4.78 is 11.6. The first-order valence-corrected chi connectivity index (χ1v) is 10.7. The zero-order valence-electron chi connectivity index (χ0n) is 16.5. The zero-order valence-corrected chi connectivity index (χ0v) is 17.3. The Bertz CT molecular complexity index is 1190. The van der Waals surface area contributed by atoms with Crippen molar-refractivity contribution in [1.82, 2.24) is 24.3 Å². The Morgan fingerprint density at radius 2 is 2.33 bits per heavy atom. The number of furan rings is 1. The third-order valence-corrected chi connectivity index (χ3v) is 6.07. The molecule has 0 radical (unpaired) electrons. The van der Waals surface area contributed by atoms with Crippen LogP contribution in [0.25, 0.3) is 16.8 Å². The normalized spacial score (nSPS) is 16.8. The van der Waals surface area contributed by atoms with Crippen molar-refractivity contribution in [2.45, 2.75) is 32.2 Å². The quantitative estimate of drug-likeness (QED) is 0.447. The highest BCUT2D eigenvalue weighted by atomic mass is 32.1. The Morgan fingerprint density at radius 3 is 3.10 bits per heavy atom. The van der Waals surface area contributed by atoms with Crippen LogP contribution in [0.1, 0.15) is 35.9 Å². The lowest BCUT2D eigenvalue weighted by Crippen LogP contribution is -2.29. The number of rotatable bonds is 6. The standard InChI is InChI=1S/C20H21N7O2S/c1-12-5-19(30-26-12)25-18-7-17(13-3-2-4-21-8-13)24-20-16(10-22-27(18)20)14-6-15(9-23-28)29-11-14/h5-7,10-11,13,21,25H,2-4,8-9H2,1H3. The summed E-state index contributed by atoms with van der Waals surface area (Å²) >= 11 is 1.42. The van der Waals surface area contributed by atoms with Crippen LogP contribution >= 0.6 is 11.5 Å². The zero-order chi connectivity index (χ0) is 20.5. The average molecular weight is 424 g/mol. The maximum absolute atomic E-state index is 10.6. The van der Waals surface area contributed by atoms with Gasteiger partial charge in [-0.2, -0.15) is 18.9 Å². The maximum Gasteiger partial charge on any atom is 0.165 e. The van der Waals surface area contributed by atoms with Gasteiger partial charge in [0.15, 0.2) is 5.65 Å². The summed E-state index contributed by atoms with van der Waals surface area (Å²) in [6.07, 6.45) is 5.62. The third-order valence-electron chi connectivity index (χ3n) is 5.27. The van der Waals surface area contributed by atoms with Gasteiger partial charge in [0.25, 0.3) is 0 Å². The van der Waals surface area contributed by atoms with E-state index in [0.717, 1.165) is 64.9 Å². The molecular weight excluding hydrogens is 402 g/mol. The van der Waals surface area contributed by atoms with Gasteiger partial charge in [-0.05, 0) is 50.0 Å². The predicted octanol–water partition coefficient (Wildman–Crippen LogP) is 4.23. The first kappa shape index (κ1) is 18.9. The summed E-state index contributed by atoms with van der Waals surface area (Å²) in [5, 5.41) is 15.3. The summed E-state index contributed by atoms with van der Waals surface area (Å²) in [5.41, 5.74) is 4.42. The van der Waals surface area contributed by atoms with Crippen LogP contribution in [-0.2, 0) is 6.54 Å². The van der Waals surface area contributed by atoms with Crippen LogP contribution in [0.2, 0.25) is 0 Å². The first-order valence-electron chi connectivity index (χ1n) is 9.88. The highest BCUT2D eigenvalue weighted by Gasteiger charge is 2.21. The molecule has 1 aliphatic rings. The van der Waals surface area contributed by atoms with Gasteiger partial charge in [-0.15, -0.1) is 0 Å². The average Bonchev–Trinajstić information content (AvgIpc) is 3.49. The highest BCUT2D eigenvalue weighted by Crippen LogP contribution is 2.32. The number of fused-ring (bicyclic) bond motifs is 1. The van der Waals surface area contributed by atoms with E-state index in [-0.39, 0.29) is 6.54 Å². The van der Waals surface area contributed by atoms with Gasteiger partial charge >= 0.3 is 0 Å². The van der Waals surface area contributed by atoms with Crippen LogP contribution in [-0.4, -0.2) is 32.1 Å². The lowest BCUT2D eigenvalue weighted by atomic mass is 9.96. The summed E-state index contributed by atoms with van der Waals surface area (Å²) in [4.78, 5) is 15.5. The van der Waals surface area contributed by atoms with Crippen LogP contribution in [0.15, 0.2) is 40.3 Å². The van der Waals surface area contributed by atoms with Gasteiger partial charge in [0.1, 0.15) is 23.1 Å². The predicted molar refractivity (Wildman–Crippen MR) is 115 cm³/mol. The van der Waals surface area contributed by atoms with Gasteiger partial charge in [0, 0.05) is 29.7 Å². The number of aromatic nitrogens is 4. The summed E-state index contributed by atoms with van der Waals surface area (Å²) in [6.45, 7) is 3.93. The minimum absolute atomic E-state index is 0.00314. The van der Waals surface area contributed by atoms with Gasteiger partial charge in [-0.25, -0.2) is 4.98 Å². The van der Waals surface area contributed by atoms with Crippen molar-refractivity contribution in [3.63, 3.8) is 0 Å². The molecule has 5 heterocycles. The maximum atomic E-state index is 10.6. The van der Waals surface area contributed by atoms with E-state index < -0.39 is 0 Å². The summed E-state index contributed by atoms with van der Waals surface area (Å²) in [6, 6.07) is 5.90. The summed E-state index contributed by atoms with van der Waals surface area (Å²) in [5.74, 6) is 1.70. The molecule has 10 heteroatoms. The molecule has 9 nitrogen and oxygen atoms in total. The molecule has 1 fully saturated rings. The van der Waals surface area contributed by atoms with Crippen LogP contribution in [0.3, 0.4) is 0 Å². The molecule has 154 valence electrons. The number of anilines is 2. The Balaban J connectivity index is 1.61. The molecule has 4 aromatic heterocycles. The number of piperidine rings is 1. The topological polar surface area (TPSA) is 110 Å². The third kappa shape index (κ3) is 3.59. The van der Waals surface area contributed by atoms with Crippen molar-refractivity contribution in [1.29, 1.82) is 0 Å². The van der Waals surface area contributed by atoms with Gasteiger partial charge in [-0.1, -0.05) is 5.18 Å². The molecule has 0 saturated carbocycles. The van der Waals surface area contributed by atoms with Gasteiger partial charge in [0.2, 0.25) is 0 Å². The van der Waals surface area contributed by atoms with Crippen molar-refractivity contribution >= 4 is 28.0 Å². The molecule has 0 aliphatic carbocycles. The SMILES string of the molecule is Cc1cc(Nc2cc(C3CCCNC3)nc3c(-c4coc(CN=O)c4)cnn23)sn1. The van der Waals surface area contributed by atoms with E-state index in [9.17, 15) is 4.91 Å². The molecule has 2 N–H and O–H groups in total. The molecule has 1 aliphatic heterocycles. The molecule has 0 bridgehead atoms. The van der Waals surface area contributed by atoms with Crippen molar-refractivity contribution in [3.8, 4) is 11.1 Å². The molecule has 4 aromatic rings. The molecule has 1 saturated heterocycles. The van der Waals surface area contributed by atoms with E-state index in [1.165, 1.54) is 11.5 Å². The Kier molecular flexibility index (Phi) is 5.01. The van der Waals surface area contributed by atoms with Crippen molar-refractivity contribution in [2.24, 2.45) is 5.18 Å². The monoisotopic (exact) mass is 423 g/mol. The van der Waals surface area contributed by atoms with Crippen molar-refractivity contribution in [3.05, 3.63) is 52.7 Å². The number of aryl methyl sites for hydroxylation is 1. The molecule has 0 amide bonds. The second kappa shape index (κ2) is 7.96.